The minimum absolute atomic E-state index is 0.0147. The van der Waals surface area contributed by atoms with Gasteiger partial charge in [-0.05, 0) is 20.8 Å². The van der Waals surface area contributed by atoms with Crippen molar-refractivity contribution >= 4 is 23.5 Å². The molecule has 6 N–H and O–H groups in total. The number of aliphatic hydroxyl groups excluding tert-OH is 1. The summed E-state index contributed by atoms with van der Waals surface area (Å²) >= 11 is 0. The van der Waals surface area contributed by atoms with Crippen LogP contribution in [-0.4, -0.2) is 62.9 Å². The first-order chi connectivity index (χ1) is 14.6. The van der Waals surface area contributed by atoms with E-state index < -0.39 is 70.4 Å². The molecule has 1 aromatic rings. The van der Waals surface area contributed by atoms with E-state index >= 15 is 4.39 Å². The molecule has 6 atom stereocenters. The van der Waals surface area contributed by atoms with E-state index in [9.17, 15) is 42.6 Å². The maximum atomic E-state index is 15.2. The van der Waals surface area contributed by atoms with Crippen LogP contribution in [0.25, 0.3) is 0 Å². The maximum absolute atomic E-state index is 15.2. The largest absolute Gasteiger partial charge is 0.490 e. The van der Waals surface area contributed by atoms with Gasteiger partial charge in [-0.2, -0.15) is 17.7 Å². The molecule has 0 spiro atoms. The topological polar surface area (TPSA) is 257 Å². The van der Waals surface area contributed by atoms with Crippen molar-refractivity contribution in [2.45, 2.75) is 50.5 Å². The van der Waals surface area contributed by atoms with Crippen molar-refractivity contribution in [2.75, 3.05) is 0 Å². The third-order valence-electron chi connectivity index (χ3n) is 4.11. The third kappa shape index (κ3) is 6.48. The molecule has 17 nitrogen and oxygen atoms in total. The first-order valence-corrected chi connectivity index (χ1v) is 12.9. The number of hydrogen-bond donors (Lipinski definition) is 6. The highest BCUT2D eigenvalue weighted by Crippen LogP contribution is 2.67. The van der Waals surface area contributed by atoms with Crippen LogP contribution in [0.5, 0.6) is 0 Å². The highest BCUT2D eigenvalue weighted by molar-refractivity contribution is 7.66. The minimum Gasteiger partial charge on any atom is -0.387 e. The van der Waals surface area contributed by atoms with Gasteiger partial charge in [-0.1, -0.05) is 0 Å². The number of aromatic amines is 1. The van der Waals surface area contributed by atoms with Crippen LogP contribution in [0.2, 0.25) is 0 Å². The Bertz CT molecular complexity index is 1180. The van der Waals surface area contributed by atoms with Crippen molar-refractivity contribution in [3.63, 3.8) is 0 Å². The summed E-state index contributed by atoms with van der Waals surface area (Å²) in [5, 5.41) is 13.3. The van der Waals surface area contributed by atoms with E-state index in [1.807, 2.05) is 0 Å². The summed E-state index contributed by atoms with van der Waals surface area (Å²) in [6, 6.07) is 0. The summed E-state index contributed by atoms with van der Waals surface area (Å²) in [5.41, 5.74) is -8.23. The molecule has 1 aliphatic heterocycles. The molecule has 2 heterocycles. The fourth-order valence-electron chi connectivity index (χ4n) is 2.83. The second-order valence-corrected chi connectivity index (χ2v) is 11.6. The molecule has 1 fully saturated rings. The number of aliphatic hydroxyl groups is 1. The number of ether oxygens (including phenoxy) is 1. The average Bonchev–Trinajstić information content (AvgIpc) is 2.77. The molecule has 2 rings (SSSR count). The summed E-state index contributed by atoms with van der Waals surface area (Å²) in [7, 11) is -17.3. The van der Waals surface area contributed by atoms with Gasteiger partial charge in [0.05, 0.1) is 0 Å². The maximum Gasteiger partial charge on any atom is 0.490 e. The van der Waals surface area contributed by atoms with Crippen LogP contribution in [0, 0.1) is 5.95 Å². The van der Waals surface area contributed by atoms with Gasteiger partial charge in [0.2, 0.25) is 0 Å². The van der Waals surface area contributed by atoms with Gasteiger partial charge >= 0.3 is 34.7 Å². The Kier molecular flexibility index (Phi) is 7.46. The van der Waals surface area contributed by atoms with E-state index in [1.165, 1.54) is 4.98 Å². The van der Waals surface area contributed by atoms with Crippen LogP contribution in [0.1, 0.15) is 27.0 Å². The van der Waals surface area contributed by atoms with E-state index in [1.54, 1.807) is 0 Å². The van der Waals surface area contributed by atoms with Gasteiger partial charge in [-0.25, -0.2) is 22.9 Å². The monoisotopic (exact) mass is 547 g/mol. The van der Waals surface area contributed by atoms with E-state index in [0.29, 0.717) is 6.92 Å². The van der Waals surface area contributed by atoms with Gasteiger partial charge in [0.25, 0.3) is 5.95 Å². The van der Waals surface area contributed by atoms with Gasteiger partial charge < -0.3 is 29.4 Å². The molecule has 1 saturated heterocycles. The number of halogens is 2. The number of H-pyrrole nitrogens is 1. The van der Waals surface area contributed by atoms with Crippen molar-refractivity contribution in [1.82, 2.24) is 14.8 Å². The summed E-state index contributed by atoms with van der Waals surface area (Å²) in [6.45, 7) is 2.46. The van der Waals surface area contributed by atoms with E-state index in [-0.39, 0.29) is 4.68 Å². The van der Waals surface area contributed by atoms with Crippen molar-refractivity contribution in [1.29, 1.82) is 0 Å². The van der Waals surface area contributed by atoms with Crippen LogP contribution in [0.3, 0.4) is 0 Å². The van der Waals surface area contributed by atoms with Crippen molar-refractivity contribution < 1.29 is 65.0 Å². The molecule has 0 aliphatic carbocycles. The van der Waals surface area contributed by atoms with Gasteiger partial charge in [0, 0.05) is 0 Å². The summed E-state index contributed by atoms with van der Waals surface area (Å²) in [4.78, 5) is 60.5. The molecule has 3 unspecified atom stereocenters. The second-order valence-electron chi connectivity index (χ2n) is 7.29. The lowest BCUT2D eigenvalue weighted by atomic mass is 9.90. The third-order valence-corrected chi connectivity index (χ3v) is 8.14. The molecule has 0 radical (unpaired) electrons. The average molecular weight is 547 g/mol. The number of aromatic nitrogens is 3. The molecule has 1 aliphatic rings. The Morgan fingerprint density at radius 2 is 1.70 bits per heavy atom. The molecule has 0 bridgehead atoms. The summed E-state index contributed by atoms with van der Waals surface area (Å²) in [6.07, 6.45) is -6.47. The number of hydrogen-bond acceptors (Lipinski definition) is 11. The Hall–Kier alpha value is -1.20. The van der Waals surface area contributed by atoms with Crippen LogP contribution in [0.15, 0.2) is 9.59 Å². The molecule has 1 aromatic heterocycles. The Labute approximate surface area is 181 Å². The number of alkyl halides is 1. The highest BCUT2D eigenvalue weighted by atomic mass is 31.3. The van der Waals surface area contributed by atoms with Gasteiger partial charge in [0.1, 0.15) is 17.8 Å². The van der Waals surface area contributed by atoms with Gasteiger partial charge in [-0.3, -0.25) is 14.3 Å². The quantitative estimate of drug-likeness (QED) is 0.217. The van der Waals surface area contributed by atoms with E-state index in [4.69, 9.17) is 14.5 Å². The number of nitrogens with zero attached hydrogens (tertiary/aromatic N) is 2. The zero-order valence-electron chi connectivity index (χ0n) is 16.6. The molecule has 22 heteroatoms. The first kappa shape index (κ1) is 28.0. The van der Waals surface area contributed by atoms with Crippen LogP contribution < -0.4 is 11.2 Å². The van der Waals surface area contributed by atoms with Crippen LogP contribution in [0.4, 0.5) is 8.78 Å². The van der Waals surface area contributed by atoms with Crippen molar-refractivity contribution in [3.05, 3.63) is 26.8 Å². The second kappa shape index (κ2) is 8.78. The highest BCUT2D eigenvalue weighted by Gasteiger charge is 2.61. The summed E-state index contributed by atoms with van der Waals surface area (Å²) in [5.74, 6) is -1.75. The standard InChI is InChI=1S/C11H18F2N3O14P3/c1-10(2,28-32(23,24)30-33(25,26)29-31(20,21)22)5-4(17)11(3,13)8(27-5)16-9(19)14-7(18)6(12)15-16/h4-5,8,17H,1-3H3,(H,23,24)(H,25,26)(H,14,18,19)(H2,20,21,22)/t4?,5-,8+,11+/m0/s1. The fourth-order valence-corrected chi connectivity index (χ4v) is 6.16. The summed E-state index contributed by atoms with van der Waals surface area (Å²) < 4.78 is 79.9. The number of phosphoric acid groups is 3. The smallest absolute Gasteiger partial charge is 0.387 e. The van der Waals surface area contributed by atoms with Crippen molar-refractivity contribution in [3.8, 4) is 0 Å². The number of nitrogens with one attached hydrogen (secondary N) is 1. The lowest BCUT2D eigenvalue weighted by Crippen LogP contribution is -2.49. The molecular weight excluding hydrogens is 529 g/mol. The minimum atomic E-state index is -5.88. The molecule has 33 heavy (non-hydrogen) atoms. The number of rotatable bonds is 8. The van der Waals surface area contributed by atoms with Crippen LogP contribution in [-0.2, 0) is 31.6 Å². The first-order valence-electron chi connectivity index (χ1n) is 8.34. The number of phosphoric ester groups is 1. The van der Waals surface area contributed by atoms with Gasteiger partial charge in [0.15, 0.2) is 11.9 Å². The fraction of sp³-hybridized carbons (Fsp3) is 0.727. The normalized spacial score (nSPS) is 30.1. The molecule has 190 valence electrons. The predicted octanol–water partition coefficient (Wildman–Crippen LogP) is -0.821. The van der Waals surface area contributed by atoms with Gasteiger partial charge in [-0.15, -0.1) is 5.10 Å². The zero-order valence-corrected chi connectivity index (χ0v) is 19.3. The predicted molar refractivity (Wildman–Crippen MR) is 97.5 cm³/mol. The lowest BCUT2D eigenvalue weighted by Gasteiger charge is -2.34. The Balaban J connectivity index is 2.34. The zero-order chi connectivity index (χ0) is 25.8. The van der Waals surface area contributed by atoms with Crippen molar-refractivity contribution in [2.24, 2.45) is 0 Å². The molecule has 0 amide bonds. The van der Waals surface area contributed by atoms with Crippen LogP contribution >= 0.6 is 23.5 Å². The lowest BCUT2D eigenvalue weighted by molar-refractivity contribution is -0.123. The molecular formula is C11H18F2N3O14P3. The SMILES string of the molecule is CC(C)(OP(=O)(O)OP(=O)(O)OP(=O)(O)O)[C@H]1O[C@@H](n2nc(F)c(=O)[nH]c2=O)[C@](C)(F)C1O. The Morgan fingerprint density at radius 1 is 1.15 bits per heavy atom. The van der Waals surface area contributed by atoms with E-state index in [2.05, 4.69) is 18.2 Å². The molecule has 0 saturated carbocycles. The molecule has 0 aromatic carbocycles. The Morgan fingerprint density at radius 3 is 2.21 bits per heavy atom. The van der Waals surface area contributed by atoms with E-state index in [0.717, 1.165) is 13.8 Å².